The Balaban J connectivity index is 1.94. The maximum Gasteiger partial charge on any atom is 0.257 e. The molecule has 3 N–H and O–H groups in total. The average Bonchev–Trinajstić information content (AvgIpc) is 2.54. The summed E-state index contributed by atoms with van der Waals surface area (Å²) in [7, 11) is 0. The number of nitrogens with one attached hydrogen (secondary N) is 3. The lowest BCUT2D eigenvalue weighted by Gasteiger charge is -2.23. The molecule has 1 aromatic heterocycles. The second-order valence-corrected chi connectivity index (χ2v) is 6.98. The van der Waals surface area contributed by atoms with Crippen LogP contribution in [0.1, 0.15) is 30.4 Å². The van der Waals surface area contributed by atoms with Gasteiger partial charge in [-0.2, -0.15) is 0 Å². The molecule has 0 radical (unpaired) electrons. The summed E-state index contributed by atoms with van der Waals surface area (Å²) in [5.41, 5.74) is 1.43. The molecule has 1 aromatic carbocycles. The molecular formula is C17H18N4O3S. The number of aryl methyl sites for hydroxylation is 1. The minimum Gasteiger partial charge on any atom is -0.326 e. The van der Waals surface area contributed by atoms with Crippen molar-refractivity contribution in [2.24, 2.45) is 0 Å². The molecule has 25 heavy (non-hydrogen) atoms. The molecule has 8 heteroatoms. The molecule has 0 saturated carbocycles. The van der Waals surface area contributed by atoms with Gasteiger partial charge in [0.1, 0.15) is 5.82 Å². The van der Waals surface area contributed by atoms with E-state index in [1.807, 2.05) is 32.0 Å². The van der Waals surface area contributed by atoms with Gasteiger partial charge >= 0.3 is 0 Å². The molecule has 1 atom stereocenters. The quantitative estimate of drug-likeness (QED) is 0.574. The first-order valence-corrected chi connectivity index (χ1v) is 8.91. The van der Waals surface area contributed by atoms with Crippen molar-refractivity contribution in [1.29, 1.82) is 0 Å². The zero-order chi connectivity index (χ0) is 18.0. The topological polar surface area (TPSA) is 104 Å². The van der Waals surface area contributed by atoms with E-state index >= 15 is 0 Å². The number of aromatic nitrogens is 2. The molecule has 130 valence electrons. The van der Waals surface area contributed by atoms with Gasteiger partial charge in [0.2, 0.25) is 11.8 Å². The third-order valence-electron chi connectivity index (χ3n) is 3.81. The molecule has 2 aromatic rings. The Labute approximate surface area is 148 Å². The number of carbonyl (C=O) groups is 2. The van der Waals surface area contributed by atoms with Gasteiger partial charge in [-0.1, -0.05) is 30.8 Å². The van der Waals surface area contributed by atoms with Crippen molar-refractivity contribution < 1.29 is 9.59 Å². The third kappa shape index (κ3) is 3.74. The minimum atomic E-state index is -0.874. The number of anilines is 2. The maximum absolute atomic E-state index is 12.7. The summed E-state index contributed by atoms with van der Waals surface area (Å²) >= 11 is 1.36. The van der Waals surface area contributed by atoms with Crippen LogP contribution in [-0.2, 0) is 9.59 Å². The molecule has 0 saturated heterocycles. The number of thioether (sulfide) groups is 1. The number of benzene rings is 1. The first-order valence-electron chi connectivity index (χ1n) is 7.92. The van der Waals surface area contributed by atoms with Crippen molar-refractivity contribution in [2.45, 2.75) is 31.3 Å². The molecule has 0 unspecified atom stereocenters. The van der Waals surface area contributed by atoms with E-state index in [1.54, 1.807) is 6.07 Å². The molecule has 2 amide bonds. The molecule has 2 heterocycles. The van der Waals surface area contributed by atoms with Gasteiger partial charge in [0.15, 0.2) is 5.16 Å². The average molecular weight is 358 g/mol. The first kappa shape index (κ1) is 17.2. The van der Waals surface area contributed by atoms with Crippen LogP contribution in [0.3, 0.4) is 0 Å². The Hall–Kier alpha value is -2.61. The van der Waals surface area contributed by atoms with Gasteiger partial charge in [0.05, 0.1) is 11.5 Å². The van der Waals surface area contributed by atoms with Gasteiger partial charge in [0, 0.05) is 12.1 Å². The number of hydrogen-bond acceptors (Lipinski definition) is 5. The highest BCUT2D eigenvalue weighted by atomic mass is 32.2. The fraction of sp³-hybridized carbons (Fsp3) is 0.294. The highest BCUT2D eigenvalue weighted by Gasteiger charge is 2.34. The largest absolute Gasteiger partial charge is 0.326 e. The third-order valence-corrected chi connectivity index (χ3v) is 4.57. The smallest absolute Gasteiger partial charge is 0.257 e. The molecule has 3 rings (SSSR count). The van der Waals surface area contributed by atoms with Crippen LogP contribution in [0, 0.1) is 6.92 Å². The maximum atomic E-state index is 12.7. The highest BCUT2D eigenvalue weighted by molar-refractivity contribution is 7.99. The lowest BCUT2D eigenvalue weighted by atomic mass is 9.92. The normalized spacial score (nSPS) is 16.1. The summed E-state index contributed by atoms with van der Waals surface area (Å²) in [5, 5.41) is 5.79. The predicted molar refractivity (Wildman–Crippen MR) is 97.1 cm³/mol. The van der Waals surface area contributed by atoms with Crippen molar-refractivity contribution in [3.8, 4) is 0 Å². The second-order valence-electron chi connectivity index (χ2n) is 5.73. The fourth-order valence-electron chi connectivity index (χ4n) is 2.73. The van der Waals surface area contributed by atoms with Gasteiger partial charge in [0.25, 0.3) is 5.56 Å². The lowest BCUT2D eigenvalue weighted by molar-refractivity contribution is -0.123. The molecule has 1 aliphatic rings. The second kappa shape index (κ2) is 7.10. The molecule has 0 fully saturated rings. The number of hydrogen-bond donors (Lipinski definition) is 3. The molecule has 0 aliphatic carbocycles. The number of amides is 2. The number of H-pyrrole nitrogens is 1. The van der Waals surface area contributed by atoms with Gasteiger partial charge < -0.3 is 15.6 Å². The lowest BCUT2D eigenvalue weighted by Crippen LogP contribution is -2.36. The van der Waals surface area contributed by atoms with Gasteiger partial charge in [-0.15, -0.1) is 0 Å². The Morgan fingerprint density at radius 2 is 2.20 bits per heavy atom. The van der Waals surface area contributed by atoms with Crippen molar-refractivity contribution in [1.82, 2.24) is 9.97 Å². The zero-order valence-electron chi connectivity index (χ0n) is 13.9. The van der Waals surface area contributed by atoms with Gasteiger partial charge in [-0.25, -0.2) is 4.98 Å². The van der Waals surface area contributed by atoms with E-state index in [1.165, 1.54) is 11.8 Å². The van der Waals surface area contributed by atoms with Gasteiger partial charge in [-0.05, 0) is 30.4 Å². The molecular weight excluding hydrogens is 340 g/mol. The number of aromatic amines is 1. The van der Waals surface area contributed by atoms with Crippen molar-refractivity contribution >= 4 is 35.1 Å². The number of rotatable bonds is 4. The number of fused-ring (bicyclic) bond motifs is 1. The Bertz CT molecular complexity index is 894. The van der Waals surface area contributed by atoms with Crippen LogP contribution < -0.4 is 16.2 Å². The summed E-state index contributed by atoms with van der Waals surface area (Å²) in [5.74, 6) is -0.707. The number of carbonyl (C=O) groups excluding carboxylic acids is 2. The van der Waals surface area contributed by atoms with Crippen LogP contribution in [0.2, 0.25) is 0 Å². The summed E-state index contributed by atoms with van der Waals surface area (Å²) in [6.07, 6.45) is -0.0876. The predicted octanol–water partition coefficient (Wildman–Crippen LogP) is 2.25. The minimum absolute atomic E-state index is 0.0876. The zero-order valence-corrected chi connectivity index (χ0v) is 14.7. The monoisotopic (exact) mass is 358 g/mol. The van der Waals surface area contributed by atoms with Crippen LogP contribution in [-0.4, -0.2) is 27.5 Å². The summed E-state index contributed by atoms with van der Waals surface area (Å²) < 4.78 is 0. The first-order chi connectivity index (χ1) is 12.0. The van der Waals surface area contributed by atoms with Crippen LogP contribution in [0.25, 0.3) is 0 Å². The Kier molecular flexibility index (Phi) is 4.89. The SMILES string of the molecule is CCSc1nc2c(c(=O)[nH]1)[C@@H](C(=O)Nc1cccc(C)c1)CC(=O)N2. The van der Waals surface area contributed by atoms with Crippen molar-refractivity contribution in [3.63, 3.8) is 0 Å². The summed E-state index contributed by atoms with van der Waals surface area (Å²) in [6.45, 7) is 3.85. The van der Waals surface area contributed by atoms with E-state index in [0.717, 1.165) is 11.3 Å². The van der Waals surface area contributed by atoms with E-state index in [2.05, 4.69) is 20.6 Å². The van der Waals surface area contributed by atoms with E-state index < -0.39 is 17.4 Å². The Morgan fingerprint density at radius 1 is 1.40 bits per heavy atom. The van der Waals surface area contributed by atoms with Crippen LogP contribution >= 0.6 is 11.8 Å². The van der Waals surface area contributed by atoms with E-state index in [0.29, 0.717) is 10.8 Å². The van der Waals surface area contributed by atoms with E-state index in [4.69, 9.17) is 0 Å². The fourth-order valence-corrected chi connectivity index (χ4v) is 3.33. The summed E-state index contributed by atoms with van der Waals surface area (Å²) in [6, 6.07) is 7.33. The van der Waals surface area contributed by atoms with Crippen molar-refractivity contribution in [3.05, 3.63) is 45.7 Å². The Morgan fingerprint density at radius 3 is 2.92 bits per heavy atom. The highest BCUT2D eigenvalue weighted by Crippen LogP contribution is 2.30. The molecule has 7 nitrogen and oxygen atoms in total. The van der Waals surface area contributed by atoms with Crippen LogP contribution in [0.5, 0.6) is 0 Å². The molecule has 0 bridgehead atoms. The van der Waals surface area contributed by atoms with E-state index in [9.17, 15) is 14.4 Å². The van der Waals surface area contributed by atoms with Crippen molar-refractivity contribution in [2.75, 3.05) is 16.4 Å². The number of nitrogens with zero attached hydrogens (tertiary/aromatic N) is 1. The molecule has 1 aliphatic heterocycles. The molecule has 0 spiro atoms. The van der Waals surface area contributed by atoms with Crippen LogP contribution in [0.15, 0.2) is 34.2 Å². The standard InChI is InChI=1S/C17H18N4O3S/c1-3-25-17-20-14-13(16(24)21-17)11(8-12(22)19-14)15(23)18-10-6-4-5-9(2)7-10/h4-7,11H,3,8H2,1-2H3,(H,18,23)(H2,19,20,21,22,24)/t11-/m0/s1. The summed E-state index contributed by atoms with van der Waals surface area (Å²) in [4.78, 5) is 44.0. The van der Waals surface area contributed by atoms with Gasteiger partial charge in [-0.3, -0.25) is 14.4 Å². The van der Waals surface area contributed by atoms with Crippen LogP contribution in [0.4, 0.5) is 11.5 Å². The van der Waals surface area contributed by atoms with E-state index in [-0.39, 0.29) is 23.7 Å².